The van der Waals surface area contributed by atoms with Gasteiger partial charge in [0.05, 0.1) is 0 Å². The van der Waals surface area contributed by atoms with Gasteiger partial charge in [-0.1, -0.05) is 46.1 Å². The van der Waals surface area contributed by atoms with E-state index in [1.807, 2.05) is 20.8 Å². The normalized spacial score (nSPS) is 12.8. The topological polar surface area (TPSA) is 20.2 Å². The molecule has 11 heavy (non-hydrogen) atoms. The van der Waals surface area contributed by atoms with Gasteiger partial charge in [-0.15, -0.1) is 0 Å². The molecule has 1 nitrogen and oxygen atoms in total. The Morgan fingerprint density at radius 2 is 1.82 bits per heavy atom. The lowest BCUT2D eigenvalue weighted by molar-refractivity contribution is 0.381. The zero-order chi connectivity index (χ0) is 9.07. The molecule has 0 radical (unpaired) electrons. The highest BCUT2D eigenvalue weighted by Crippen LogP contribution is 2.28. The zero-order valence-corrected chi connectivity index (χ0v) is 7.52. The van der Waals surface area contributed by atoms with Crippen LogP contribution in [0.4, 0.5) is 0 Å². The Bertz CT molecular complexity index is 191. The monoisotopic (exact) mass is 152 g/mol. The van der Waals surface area contributed by atoms with Gasteiger partial charge in [0.15, 0.2) is 0 Å². The summed E-state index contributed by atoms with van der Waals surface area (Å²) in [5, 5.41) is 9.17. The van der Waals surface area contributed by atoms with Gasteiger partial charge in [0.25, 0.3) is 0 Å². The van der Waals surface area contributed by atoms with Crippen LogP contribution in [0.5, 0.6) is 0 Å². The van der Waals surface area contributed by atoms with Crippen LogP contribution < -0.4 is 0 Å². The highest BCUT2D eigenvalue weighted by molar-refractivity contribution is 5.30. The fourth-order valence-corrected chi connectivity index (χ4v) is 0.897. The number of aliphatic hydroxyl groups is 1. The molecule has 0 aromatic heterocycles. The Labute approximate surface area is 68.7 Å². The Morgan fingerprint density at radius 1 is 1.36 bits per heavy atom. The molecule has 0 atom stereocenters. The minimum absolute atomic E-state index is 0.0694. The third-order valence-corrected chi connectivity index (χ3v) is 1.40. The summed E-state index contributed by atoms with van der Waals surface area (Å²) in [6, 6.07) is 0. The molecule has 0 unspecified atom stereocenters. The summed E-state index contributed by atoms with van der Waals surface area (Å²) in [4.78, 5) is 0. The number of aliphatic hydroxyl groups excluding tert-OH is 1. The van der Waals surface area contributed by atoms with E-state index < -0.39 is 0 Å². The van der Waals surface area contributed by atoms with Crippen LogP contribution in [0.15, 0.2) is 36.6 Å². The van der Waals surface area contributed by atoms with Crippen molar-refractivity contribution < 1.29 is 5.11 Å². The average molecular weight is 152 g/mol. The maximum absolute atomic E-state index is 9.17. The van der Waals surface area contributed by atoms with Gasteiger partial charge in [-0.2, -0.15) is 0 Å². The molecular weight excluding hydrogens is 136 g/mol. The first kappa shape index (κ1) is 10.0. The van der Waals surface area contributed by atoms with Gasteiger partial charge in [-0.25, -0.2) is 0 Å². The maximum atomic E-state index is 9.17. The molecule has 0 aliphatic rings. The van der Waals surface area contributed by atoms with Crippen molar-refractivity contribution in [3.05, 3.63) is 36.6 Å². The fourth-order valence-electron chi connectivity index (χ4n) is 0.897. The second-order valence-corrected chi connectivity index (χ2v) is 3.51. The lowest BCUT2D eigenvalue weighted by atomic mass is 9.85. The van der Waals surface area contributed by atoms with Gasteiger partial charge in [0.1, 0.15) is 5.76 Å². The largest absolute Gasteiger partial charge is 0.508 e. The van der Waals surface area contributed by atoms with Gasteiger partial charge in [-0.05, 0) is 11.0 Å². The fraction of sp³-hybridized carbons (Fsp3) is 0.400. The van der Waals surface area contributed by atoms with E-state index in [0.717, 1.165) is 5.57 Å². The molecule has 62 valence electrons. The Morgan fingerprint density at radius 3 is 1.91 bits per heavy atom. The van der Waals surface area contributed by atoms with Crippen molar-refractivity contribution in [2.24, 2.45) is 5.41 Å². The van der Waals surface area contributed by atoms with E-state index in [2.05, 4.69) is 13.2 Å². The van der Waals surface area contributed by atoms with E-state index in [-0.39, 0.29) is 11.2 Å². The minimum Gasteiger partial charge on any atom is -0.508 e. The molecule has 0 bridgehead atoms. The van der Waals surface area contributed by atoms with E-state index in [0.29, 0.717) is 0 Å². The van der Waals surface area contributed by atoms with E-state index >= 15 is 0 Å². The van der Waals surface area contributed by atoms with Gasteiger partial charge in [0.2, 0.25) is 0 Å². The molecule has 1 heteroatoms. The number of hydrogen-bond donors (Lipinski definition) is 1. The van der Waals surface area contributed by atoms with E-state index in [1.54, 1.807) is 12.2 Å². The van der Waals surface area contributed by atoms with Crippen LogP contribution in [-0.4, -0.2) is 5.11 Å². The summed E-state index contributed by atoms with van der Waals surface area (Å²) in [5.74, 6) is 0.123. The highest BCUT2D eigenvalue weighted by Gasteiger charge is 2.18. The lowest BCUT2D eigenvalue weighted by Gasteiger charge is -2.21. The quantitative estimate of drug-likeness (QED) is 0.476. The minimum atomic E-state index is -0.0694. The van der Waals surface area contributed by atoms with Crippen LogP contribution in [0, 0.1) is 5.41 Å². The summed E-state index contributed by atoms with van der Waals surface area (Å²) in [6.45, 7) is 13.1. The van der Waals surface area contributed by atoms with E-state index in [1.165, 1.54) is 0 Å². The van der Waals surface area contributed by atoms with Crippen molar-refractivity contribution in [1.82, 2.24) is 0 Å². The molecule has 0 aromatic carbocycles. The molecular formula is C10H16O. The maximum Gasteiger partial charge on any atom is 0.112 e. The Balaban J connectivity index is 4.77. The summed E-state index contributed by atoms with van der Waals surface area (Å²) in [5.41, 5.74) is 0.757. The molecule has 1 N–H and O–H groups in total. The average Bonchev–Trinajstić information content (AvgIpc) is 1.79. The molecule has 0 heterocycles. The van der Waals surface area contributed by atoms with Gasteiger partial charge in [-0.3, -0.25) is 0 Å². The summed E-state index contributed by atoms with van der Waals surface area (Å²) in [6.07, 6.45) is 3.43. The van der Waals surface area contributed by atoms with Crippen LogP contribution in [0.1, 0.15) is 20.8 Å². The zero-order valence-electron chi connectivity index (χ0n) is 7.52. The van der Waals surface area contributed by atoms with Crippen LogP contribution in [-0.2, 0) is 0 Å². The first-order valence-electron chi connectivity index (χ1n) is 3.61. The van der Waals surface area contributed by atoms with Crippen molar-refractivity contribution in [1.29, 1.82) is 0 Å². The Kier molecular flexibility index (Phi) is 3.12. The third kappa shape index (κ3) is 3.08. The van der Waals surface area contributed by atoms with Crippen LogP contribution in [0.25, 0.3) is 0 Å². The first-order chi connectivity index (χ1) is 4.89. The van der Waals surface area contributed by atoms with Crippen molar-refractivity contribution in [3.63, 3.8) is 0 Å². The second kappa shape index (κ2) is 3.42. The molecule has 0 saturated heterocycles. The Hall–Kier alpha value is -0.980. The molecule has 0 amide bonds. The molecule has 0 aliphatic carbocycles. The molecule has 0 aliphatic heterocycles. The standard InChI is InChI=1S/C10H16O/c1-6-7-9(8(2)11)10(3,4)5/h6-7,11H,1-2H2,3-5H3/b9-7+. The van der Waals surface area contributed by atoms with Crippen LogP contribution in [0.2, 0.25) is 0 Å². The third-order valence-electron chi connectivity index (χ3n) is 1.40. The van der Waals surface area contributed by atoms with E-state index in [4.69, 9.17) is 5.11 Å². The SMILES string of the molecule is C=C/C=C(\C(=C)O)C(C)(C)C. The number of rotatable bonds is 2. The predicted molar refractivity (Wildman–Crippen MR) is 49.5 cm³/mol. The van der Waals surface area contributed by atoms with Crippen molar-refractivity contribution in [2.75, 3.05) is 0 Å². The van der Waals surface area contributed by atoms with Crippen molar-refractivity contribution in [2.45, 2.75) is 20.8 Å². The molecule has 0 saturated carbocycles. The van der Waals surface area contributed by atoms with Crippen LogP contribution >= 0.6 is 0 Å². The van der Waals surface area contributed by atoms with Gasteiger partial charge >= 0.3 is 0 Å². The number of hydrogen-bond acceptors (Lipinski definition) is 1. The van der Waals surface area contributed by atoms with Gasteiger partial charge in [0, 0.05) is 0 Å². The second-order valence-electron chi connectivity index (χ2n) is 3.51. The molecule has 0 aromatic rings. The van der Waals surface area contributed by atoms with Crippen LogP contribution in [0.3, 0.4) is 0 Å². The first-order valence-corrected chi connectivity index (χ1v) is 3.61. The summed E-state index contributed by atoms with van der Waals surface area (Å²) >= 11 is 0. The molecule has 0 fully saturated rings. The predicted octanol–water partition coefficient (Wildman–Crippen LogP) is 3.22. The number of allylic oxidation sites excluding steroid dienone is 3. The van der Waals surface area contributed by atoms with Gasteiger partial charge < -0.3 is 5.11 Å². The van der Waals surface area contributed by atoms with E-state index in [9.17, 15) is 0 Å². The molecule has 0 rings (SSSR count). The summed E-state index contributed by atoms with van der Waals surface area (Å²) in [7, 11) is 0. The summed E-state index contributed by atoms with van der Waals surface area (Å²) < 4.78 is 0. The smallest absolute Gasteiger partial charge is 0.112 e. The molecule has 0 spiro atoms. The van der Waals surface area contributed by atoms with Crippen molar-refractivity contribution >= 4 is 0 Å². The van der Waals surface area contributed by atoms with Crippen molar-refractivity contribution in [3.8, 4) is 0 Å². The lowest BCUT2D eigenvalue weighted by Crippen LogP contribution is -2.10. The highest BCUT2D eigenvalue weighted by atomic mass is 16.3.